The molecule has 0 bridgehead atoms. The lowest BCUT2D eigenvalue weighted by Crippen LogP contribution is -2.44. The van der Waals surface area contributed by atoms with E-state index < -0.39 is 0 Å². The van der Waals surface area contributed by atoms with Gasteiger partial charge in [0.15, 0.2) is 0 Å². The first kappa shape index (κ1) is 13.6. The van der Waals surface area contributed by atoms with E-state index in [-0.39, 0.29) is 0 Å². The van der Waals surface area contributed by atoms with Gasteiger partial charge >= 0.3 is 0 Å². The molecule has 2 fully saturated rings. The molecular formula is C15H24N2OS. The van der Waals surface area contributed by atoms with Crippen molar-refractivity contribution in [2.75, 3.05) is 33.4 Å². The lowest BCUT2D eigenvalue weighted by atomic mass is 9.86. The van der Waals surface area contributed by atoms with E-state index in [4.69, 9.17) is 4.74 Å². The van der Waals surface area contributed by atoms with Gasteiger partial charge in [0.1, 0.15) is 0 Å². The monoisotopic (exact) mass is 280 g/mol. The Morgan fingerprint density at radius 2 is 2.42 bits per heavy atom. The summed E-state index contributed by atoms with van der Waals surface area (Å²) in [6.07, 6.45) is 3.95. The lowest BCUT2D eigenvalue weighted by Gasteiger charge is -2.34. The average Bonchev–Trinajstić information content (AvgIpc) is 2.94. The Hall–Kier alpha value is -0.420. The highest BCUT2D eigenvalue weighted by atomic mass is 32.1. The molecule has 106 valence electrons. The molecule has 2 aliphatic rings. The van der Waals surface area contributed by atoms with E-state index in [2.05, 4.69) is 34.1 Å². The maximum atomic E-state index is 5.68. The molecule has 1 aliphatic carbocycles. The lowest BCUT2D eigenvalue weighted by molar-refractivity contribution is 0.102. The van der Waals surface area contributed by atoms with Gasteiger partial charge in [-0.1, -0.05) is 0 Å². The normalized spacial score (nSPS) is 27.3. The van der Waals surface area contributed by atoms with Gasteiger partial charge in [-0.05, 0) is 48.7 Å². The van der Waals surface area contributed by atoms with Gasteiger partial charge in [0.05, 0.1) is 6.61 Å². The van der Waals surface area contributed by atoms with Crippen molar-refractivity contribution in [3.05, 3.63) is 22.4 Å². The first-order valence-electron chi connectivity index (χ1n) is 7.29. The number of rotatable bonds is 7. The van der Waals surface area contributed by atoms with Crippen LogP contribution in [-0.2, 0) is 11.3 Å². The Morgan fingerprint density at radius 1 is 1.53 bits per heavy atom. The van der Waals surface area contributed by atoms with Crippen LogP contribution in [0.4, 0.5) is 0 Å². The second kappa shape index (κ2) is 5.92. The van der Waals surface area contributed by atoms with Crippen LogP contribution in [0.1, 0.15) is 24.8 Å². The summed E-state index contributed by atoms with van der Waals surface area (Å²) in [5, 5.41) is 7.84. The highest BCUT2D eigenvalue weighted by molar-refractivity contribution is 7.07. The predicted octanol–water partition coefficient (Wildman–Crippen LogP) is 2.34. The van der Waals surface area contributed by atoms with E-state index in [0.717, 1.165) is 32.3 Å². The molecule has 0 radical (unpaired) electrons. The molecule has 1 saturated carbocycles. The number of thiophene rings is 1. The zero-order chi connectivity index (χ0) is 13.1. The van der Waals surface area contributed by atoms with Gasteiger partial charge < -0.3 is 10.1 Å². The van der Waals surface area contributed by atoms with E-state index >= 15 is 0 Å². The average molecular weight is 280 g/mol. The SMILES string of the molecule is CNCC1(CN(Cc2ccsc2)C2CC2)CCOC1. The van der Waals surface area contributed by atoms with Crippen molar-refractivity contribution >= 4 is 11.3 Å². The first-order chi connectivity index (χ1) is 9.31. The Kier molecular flexibility index (Phi) is 4.22. The topological polar surface area (TPSA) is 24.5 Å². The summed E-state index contributed by atoms with van der Waals surface area (Å²) in [4.78, 5) is 2.69. The fourth-order valence-corrected chi connectivity index (χ4v) is 3.81. The van der Waals surface area contributed by atoms with E-state index in [1.807, 2.05) is 0 Å². The molecule has 1 aliphatic heterocycles. The van der Waals surface area contributed by atoms with E-state index in [0.29, 0.717) is 5.41 Å². The summed E-state index contributed by atoms with van der Waals surface area (Å²) >= 11 is 1.80. The van der Waals surface area contributed by atoms with Crippen LogP contribution in [0.25, 0.3) is 0 Å². The smallest absolute Gasteiger partial charge is 0.0547 e. The molecule has 1 atom stereocenters. The van der Waals surface area contributed by atoms with Gasteiger partial charge in [-0.25, -0.2) is 0 Å². The summed E-state index contributed by atoms with van der Waals surface area (Å²) in [5.41, 5.74) is 1.79. The van der Waals surface area contributed by atoms with Crippen molar-refractivity contribution in [3.63, 3.8) is 0 Å². The van der Waals surface area contributed by atoms with Gasteiger partial charge in [0.25, 0.3) is 0 Å². The van der Waals surface area contributed by atoms with Gasteiger partial charge in [-0.2, -0.15) is 11.3 Å². The van der Waals surface area contributed by atoms with Crippen LogP contribution in [0.15, 0.2) is 16.8 Å². The molecule has 19 heavy (non-hydrogen) atoms. The molecule has 4 heteroatoms. The van der Waals surface area contributed by atoms with Crippen LogP contribution >= 0.6 is 11.3 Å². The number of nitrogens with one attached hydrogen (secondary N) is 1. The highest BCUT2D eigenvalue weighted by Gasteiger charge is 2.40. The molecule has 3 nitrogen and oxygen atoms in total. The van der Waals surface area contributed by atoms with Crippen LogP contribution in [0.3, 0.4) is 0 Å². The fourth-order valence-electron chi connectivity index (χ4n) is 3.15. The van der Waals surface area contributed by atoms with Crippen LogP contribution in [-0.4, -0.2) is 44.3 Å². The third-order valence-corrected chi connectivity index (χ3v) is 5.04. The summed E-state index contributed by atoms with van der Waals surface area (Å²) in [5.74, 6) is 0. The Bertz CT molecular complexity index is 383. The van der Waals surface area contributed by atoms with Crippen LogP contribution in [0.5, 0.6) is 0 Å². The quantitative estimate of drug-likeness (QED) is 0.830. The van der Waals surface area contributed by atoms with Crippen molar-refractivity contribution in [3.8, 4) is 0 Å². The minimum Gasteiger partial charge on any atom is -0.381 e. The minimum atomic E-state index is 0.327. The molecule has 1 aromatic heterocycles. The van der Waals surface area contributed by atoms with Crippen molar-refractivity contribution in [1.29, 1.82) is 0 Å². The predicted molar refractivity (Wildman–Crippen MR) is 79.5 cm³/mol. The molecule has 0 aromatic carbocycles. The Balaban J connectivity index is 1.66. The second-order valence-corrected chi connectivity index (χ2v) is 6.88. The third kappa shape index (κ3) is 3.37. The number of hydrogen-bond acceptors (Lipinski definition) is 4. The van der Waals surface area contributed by atoms with Gasteiger partial charge in [0, 0.05) is 37.7 Å². The molecule has 1 aromatic rings. The maximum Gasteiger partial charge on any atom is 0.0547 e. The van der Waals surface area contributed by atoms with Gasteiger partial charge in [-0.3, -0.25) is 4.90 Å². The zero-order valence-corrected chi connectivity index (χ0v) is 12.5. The maximum absolute atomic E-state index is 5.68. The molecule has 1 unspecified atom stereocenters. The minimum absolute atomic E-state index is 0.327. The molecule has 0 spiro atoms. The van der Waals surface area contributed by atoms with E-state index in [9.17, 15) is 0 Å². The summed E-state index contributed by atoms with van der Waals surface area (Å²) in [6, 6.07) is 3.07. The summed E-state index contributed by atoms with van der Waals surface area (Å²) < 4.78 is 5.68. The van der Waals surface area contributed by atoms with Crippen molar-refractivity contribution in [1.82, 2.24) is 10.2 Å². The molecule has 1 saturated heterocycles. The number of nitrogens with zero attached hydrogens (tertiary/aromatic N) is 1. The molecule has 2 heterocycles. The van der Waals surface area contributed by atoms with E-state index in [1.165, 1.54) is 31.4 Å². The molecule has 3 rings (SSSR count). The molecule has 1 N–H and O–H groups in total. The number of ether oxygens (including phenoxy) is 1. The van der Waals surface area contributed by atoms with Gasteiger partial charge in [0.2, 0.25) is 0 Å². The van der Waals surface area contributed by atoms with Crippen LogP contribution in [0.2, 0.25) is 0 Å². The third-order valence-electron chi connectivity index (χ3n) is 4.30. The largest absolute Gasteiger partial charge is 0.381 e. The number of hydrogen-bond donors (Lipinski definition) is 1. The van der Waals surface area contributed by atoms with Crippen molar-refractivity contribution < 1.29 is 4.74 Å². The molecule has 0 amide bonds. The molecular weight excluding hydrogens is 256 g/mol. The Labute approximate surface area is 119 Å². The fraction of sp³-hybridized carbons (Fsp3) is 0.733. The summed E-state index contributed by atoms with van der Waals surface area (Å²) in [6.45, 7) is 5.20. The van der Waals surface area contributed by atoms with Crippen molar-refractivity contribution in [2.45, 2.75) is 31.8 Å². The van der Waals surface area contributed by atoms with Crippen molar-refractivity contribution in [2.24, 2.45) is 5.41 Å². The zero-order valence-electron chi connectivity index (χ0n) is 11.7. The van der Waals surface area contributed by atoms with Crippen LogP contribution in [0, 0.1) is 5.41 Å². The highest BCUT2D eigenvalue weighted by Crippen LogP contribution is 2.35. The summed E-state index contributed by atoms with van der Waals surface area (Å²) in [7, 11) is 2.06. The van der Waals surface area contributed by atoms with E-state index in [1.54, 1.807) is 11.3 Å². The Morgan fingerprint density at radius 3 is 3.00 bits per heavy atom. The van der Waals surface area contributed by atoms with Crippen LogP contribution < -0.4 is 5.32 Å². The second-order valence-electron chi connectivity index (χ2n) is 6.10. The standard InChI is InChI=1S/C15H24N2OS/c1-16-10-15(5-6-18-12-15)11-17(14-2-3-14)8-13-4-7-19-9-13/h4,7,9,14,16H,2-3,5-6,8,10-12H2,1H3. The first-order valence-corrected chi connectivity index (χ1v) is 8.23. The van der Waals surface area contributed by atoms with Gasteiger partial charge in [-0.15, -0.1) is 0 Å².